The molecule has 1 aromatic rings. The number of unbranched alkanes of at least 4 members (excludes halogenated alkanes) is 1. The lowest BCUT2D eigenvalue weighted by atomic mass is 10.2. The molecule has 2 N–H and O–H groups in total. The van der Waals surface area contributed by atoms with Crippen molar-refractivity contribution in [2.45, 2.75) is 32.6 Å². The molecular formula is C16H27ClN2O3. The average Bonchev–Trinajstić information content (AvgIpc) is 2.49. The summed E-state index contributed by atoms with van der Waals surface area (Å²) in [5.41, 5.74) is 0.667. The number of nitrogens with one attached hydrogen (secondary N) is 2. The molecule has 1 amide bonds. The van der Waals surface area contributed by atoms with Gasteiger partial charge in [-0.25, -0.2) is 0 Å². The fourth-order valence-corrected chi connectivity index (χ4v) is 1.82. The smallest absolute Gasteiger partial charge is 0.224 e. The van der Waals surface area contributed by atoms with Crippen LogP contribution in [0.4, 0.5) is 5.69 Å². The van der Waals surface area contributed by atoms with Gasteiger partial charge in [0.2, 0.25) is 5.91 Å². The highest BCUT2D eigenvalue weighted by molar-refractivity contribution is 5.92. The first-order valence-electron chi connectivity index (χ1n) is 7.46. The van der Waals surface area contributed by atoms with E-state index in [1.807, 2.05) is 19.2 Å². The molecule has 0 fully saturated rings. The van der Waals surface area contributed by atoms with Gasteiger partial charge >= 0.3 is 0 Å². The van der Waals surface area contributed by atoms with Crippen molar-refractivity contribution >= 4 is 24.0 Å². The molecule has 0 aliphatic heterocycles. The number of anilines is 1. The van der Waals surface area contributed by atoms with E-state index in [9.17, 15) is 4.79 Å². The van der Waals surface area contributed by atoms with Gasteiger partial charge in [0.15, 0.2) is 0 Å². The van der Waals surface area contributed by atoms with Crippen molar-refractivity contribution < 1.29 is 14.3 Å². The summed E-state index contributed by atoms with van der Waals surface area (Å²) in [6, 6.07) is 5.45. The quantitative estimate of drug-likeness (QED) is 0.647. The summed E-state index contributed by atoms with van der Waals surface area (Å²) in [5.74, 6) is 1.37. The molecule has 0 atom stereocenters. The number of methoxy groups -OCH3 is 1. The van der Waals surface area contributed by atoms with Crippen LogP contribution in [0.15, 0.2) is 18.2 Å². The fraction of sp³-hybridized carbons (Fsp3) is 0.562. The van der Waals surface area contributed by atoms with Crippen molar-refractivity contribution in [3.05, 3.63) is 18.2 Å². The molecule has 0 unspecified atom stereocenters. The maximum Gasteiger partial charge on any atom is 0.224 e. The Labute approximate surface area is 139 Å². The topological polar surface area (TPSA) is 59.6 Å². The number of halogens is 1. The molecule has 0 aliphatic rings. The predicted molar refractivity (Wildman–Crippen MR) is 92.4 cm³/mol. The monoisotopic (exact) mass is 330 g/mol. The summed E-state index contributed by atoms with van der Waals surface area (Å²) >= 11 is 0. The fourth-order valence-electron chi connectivity index (χ4n) is 1.82. The molecule has 0 aliphatic carbocycles. The first-order valence-corrected chi connectivity index (χ1v) is 7.46. The Hall–Kier alpha value is -1.46. The number of benzene rings is 1. The summed E-state index contributed by atoms with van der Waals surface area (Å²) in [4.78, 5) is 11.9. The lowest BCUT2D eigenvalue weighted by molar-refractivity contribution is -0.116. The summed E-state index contributed by atoms with van der Waals surface area (Å²) in [6.45, 7) is 3.58. The van der Waals surface area contributed by atoms with E-state index in [2.05, 4.69) is 17.6 Å². The number of hydrogen-bond acceptors (Lipinski definition) is 4. The van der Waals surface area contributed by atoms with Crippen molar-refractivity contribution in [3.8, 4) is 11.5 Å². The number of rotatable bonds is 10. The molecule has 0 bridgehead atoms. The SMILES string of the molecule is CCCCOc1ccc(OC)cc1NC(=O)CCCNC.Cl. The molecule has 0 saturated carbocycles. The van der Waals surface area contributed by atoms with Gasteiger partial charge in [0.05, 0.1) is 19.4 Å². The van der Waals surface area contributed by atoms with Gasteiger partial charge in [0.1, 0.15) is 11.5 Å². The Balaban J connectivity index is 0.00000441. The van der Waals surface area contributed by atoms with Crippen LogP contribution in [0.2, 0.25) is 0 Å². The van der Waals surface area contributed by atoms with Crippen molar-refractivity contribution in [3.63, 3.8) is 0 Å². The van der Waals surface area contributed by atoms with Gasteiger partial charge < -0.3 is 20.1 Å². The van der Waals surface area contributed by atoms with Crippen LogP contribution >= 0.6 is 12.4 Å². The number of carbonyl (C=O) groups excluding carboxylic acids is 1. The molecule has 1 rings (SSSR count). The molecule has 126 valence electrons. The Morgan fingerprint density at radius 1 is 1.27 bits per heavy atom. The first kappa shape index (κ1) is 20.5. The van der Waals surface area contributed by atoms with Crippen LogP contribution in [0, 0.1) is 0 Å². The minimum absolute atomic E-state index is 0. The molecule has 0 heterocycles. The van der Waals surface area contributed by atoms with Crippen LogP contribution in [0.3, 0.4) is 0 Å². The maximum absolute atomic E-state index is 11.9. The second-order valence-corrected chi connectivity index (χ2v) is 4.82. The molecule has 22 heavy (non-hydrogen) atoms. The van der Waals surface area contributed by atoms with Gasteiger partial charge in [0.25, 0.3) is 0 Å². The summed E-state index contributed by atoms with van der Waals surface area (Å²) in [7, 11) is 3.48. The summed E-state index contributed by atoms with van der Waals surface area (Å²) in [5, 5.41) is 5.93. The zero-order valence-electron chi connectivity index (χ0n) is 13.6. The van der Waals surface area contributed by atoms with Crippen LogP contribution in [0.25, 0.3) is 0 Å². The van der Waals surface area contributed by atoms with E-state index in [1.54, 1.807) is 13.2 Å². The minimum Gasteiger partial charge on any atom is -0.497 e. The highest BCUT2D eigenvalue weighted by Crippen LogP contribution is 2.29. The molecular weight excluding hydrogens is 304 g/mol. The van der Waals surface area contributed by atoms with Crippen molar-refractivity contribution in [1.29, 1.82) is 0 Å². The van der Waals surface area contributed by atoms with Gasteiger partial charge in [-0.05, 0) is 38.6 Å². The first-order chi connectivity index (χ1) is 10.2. The van der Waals surface area contributed by atoms with E-state index in [4.69, 9.17) is 9.47 Å². The van der Waals surface area contributed by atoms with Crippen molar-refractivity contribution in [2.24, 2.45) is 0 Å². The number of amides is 1. The molecule has 0 aromatic heterocycles. The van der Waals surface area contributed by atoms with E-state index in [1.165, 1.54) is 0 Å². The third kappa shape index (κ3) is 7.52. The second kappa shape index (κ2) is 12.1. The Bertz CT molecular complexity index is 441. The highest BCUT2D eigenvalue weighted by Gasteiger charge is 2.09. The number of ether oxygens (including phenoxy) is 2. The van der Waals surface area contributed by atoms with E-state index in [-0.39, 0.29) is 18.3 Å². The van der Waals surface area contributed by atoms with Gasteiger partial charge in [-0.2, -0.15) is 0 Å². The Morgan fingerprint density at radius 3 is 2.68 bits per heavy atom. The molecule has 5 nitrogen and oxygen atoms in total. The third-order valence-electron chi connectivity index (χ3n) is 3.05. The Kier molecular flexibility index (Phi) is 11.3. The summed E-state index contributed by atoms with van der Waals surface area (Å²) < 4.78 is 10.9. The van der Waals surface area contributed by atoms with Crippen LogP contribution in [0.5, 0.6) is 11.5 Å². The van der Waals surface area contributed by atoms with Gasteiger partial charge in [0, 0.05) is 12.5 Å². The normalized spacial score (nSPS) is 9.77. The molecule has 0 spiro atoms. The standard InChI is InChI=1S/C16H26N2O3.ClH/c1-4-5-11-21-15-9-8-13(20-3)12-14(15)18-16(19)7-6-10-17-2;/h8-9,12,17H,4-7,10-11H2,1-3H3,(H,18,19);1H. The van der Waals surface area contributed by atoms with Gasteiger partial charge in [-0.15, -0.1) is 12.4 Å². The third-order valence-corrected chi connectivity index (χ3v) is 3.05. The maximum atomic E-state index is 11.9. The molecule has 0 saturated heterocycles. The van der Waals surface area contributed by atoms with Crippen LogP contribution in [-0.4, -0.2) is 33.2 Å². The predicted octanol–water partition coefficient (Wildman–Crippen LogP) is 3.23. The summed E-state index contributed by atoms with van der Waals surface area (Å²) in [6.07, 6.45) is 3.34. The van der Waals surface area contributed by atoms with Crippen molar-refractivity contribution in [1.82, 2.24) is 5.32 Å². The van der Waals surface area contributed by atoms with Crippen LogP contribution in [0.1, 0.15) is 32.6 Å². The van der Waals surface area contributed by atoms with Crippen molar-refractivity contribution in [2.75, 3.05) is 32.6 Å². The molecule has 6 heteroatoms. The lowest BCUT2D eigenvalue weighted by Gasteiger charge is -2.13. The number of hydrogen-bond donors (Lipinski definition) is 2. The van der Waals surface area contributed by atoms with Crippen LogP contribution < -0.4 is 20.1 Å². The van der Waals surface area contributed by atoms with Gasteiger partial charge in [-0.3, -0.25) is 4.79 Å². The van der Waals surface area contributed by atoms with Crippen LogP contribution in [-0.2, 0) is 4.79 Å². The zero-order chi connectivity index (χ0) is 15.5. The average molecular weight is 331 g/mol. The largest absolute Gasteiger partial charge is 0.497 e. The Morgan fingerprint density at radius 2 is 2.05 bits per heavy atom. The molecule has 1 aromatic carbocycles. The lowest BCUT2D eigenvalue weighted by Crippen LogP contribution is -2.16. The van der Waals surface area contributed by atoms with Gasteiger partial charge in [-0.1, -0.05) is 13.3 Å². The number of carbonyl (C=O) groups is 1. The molecule has 0 radical (unpaired) electrons. The second-order valence-electron chi connectivity index (χ2n) is 4.82. The van der Waals surface area contributed by atoms with E-state index < -0.39 is 0 Å². The zero-order valence-corrected chi connectivity index (χ0v) is 14.4. The minimum atomic E-state index is -0.0150. The van der Waals surface area contributed by atoms with E-state index >= 15 is 0 Å². The highest BCUT2D eigenvalue weighted by atomic mass is 35.5. The van der Waals surface area contributed by atoms with E-state index in [0.717, 1.165) is 25.8 Å². The van der Waals surface area contributed by atoms with E-state index in [0.29, 0.717) is 30.2 Å².